The Hall–Kier alpha value is -4.14. The van der Waals surface area contributed by atoms with Crippen LogP contribution in [0.5, 0.6) is 0 Å². The predicted octanol–water partition coefficient (Wildman–Crippen LogP) is 5.01. The number of aliphatic hydroxyl groups excluding tert-OH is 1. The monoisotopic (exact) mass is 513 g/mol. The van der Waals surface area contributed by atoms with Crippen LogP contribution in [-0.4, -0.2) is 36.6 Å². The molecule has 1 amide bonds. The summed E-state index contributed by atoms with van der Waals surface area (Å²) < 4.78 is 30.8. The summed E-state index contributed by atoms with van der Waals surface area (Å²) in [4.78, 5) is 11.4. The fourth-order valence-electron chi connectivity index (χ4n) is 4.64. The molecule has 188 valence electrons. The van der Waals surface area contributed by atoms with Crippen LogP contribution in [0.3, 0.4) is 0 Å². The minimum absolute atomic E-state index is 0.0644. The number of rotatable bonds is 8. The topological polar surface area (TPSA) is 91.6 Å². The molecule has 0 aliphatic rings. The van der Waals surface area contributed by atoms with Gasteiger partial charge in [0.2, 0.25) is 5.91 Å². The lowest BCUT2D eigenvalue weighted by Crippen LogP contribution is -2.39. The maximum atomic E-state index is 13.7. The molecule has 5 rings (SSSR count). The number of anilines is 2. The zero-order valence-electron chi connectivity index (χ0n) is 20.3. The van der Waals surface area contributed by atoms with E-state index >= 15 is 0 Å². The highest BCUT2D eigenvalue weighted by molar-refractivity contribution is 7.92. The van der Waals surface area contributed by atoms with Crippen LogP contribution in [0.25, 0.3) is 21.8 Å². The highest BCUT2D eigenvalue weighted by atomic mass is 32.2. The van der Waals surface area contributed by atoms with E-state index in [2.05, 4.69) is 5.32 Å². The first kappa shape index (κ1) is 24.5. The molecular weight excluding hydrogens is 486 g/mol. The quantitative estimate of drug-likeness (QED) is 0.305. The van der Waals surface area contributed by atoms with Gasteiger partial charge in [0, 0.05) is 34.4 Å². The van der Waals surface area contributed by atoms with Crippen molar-refractivity contribution in [3.8, 4) is 0 Å². The molecule has 7 nitrogen and oxygen atoms in total. The number of amides is 1. The second-order valence-corrected chi connectivity index (χ2v) is 10.7. The second kappa shape index (κ2) is 10.1. The molecule has 0 aliphatic heterocycles. The second-order valence-electron chi connectivity index (χ2n) is 8.88. The molecule has 0 radical (unpaired) electrons. The van der Waals surface area contributed by atoms with Crippen LogP contribution < -0.4 is 9.62 Å². The molecule has 2 N–H and O–H groups in total. The van der Waals surface area contributed by atoms with E-state index in [1.165, 1.54) is 23.4 Å². The normalized spacial score (nSPS) is 12.5. The fraction of sp³-hybridized carbons (Fsp3) is 0.138. The third-order valence-corrected chi connectivity index (χ3v) is 8.06. The van der Waals surface area contributed by atoms with Crippen molar-refractivity contribution in [3.05, 3.63) is 103 Å². The van der Waals surface area contributed by atoms with Crippen molar-refractivity contribution >= 4 is 49.1 Å². The molecule has 8 heteroatoms. The van der Waals surface area contributed by atoms with Crippen LogP contribution in [-0.2, 0) is 21.4 Å². The molecule has 5 aromatic rings. The molecular formula is C29H27N3O4S. The molecule has 37 heavy (non-hydrogen) atoms. The summed E-state index contributed by atoms with van der Waals surface area (Å²) in [6, 6.07) is 30.7. The van der Waals surface area contributed by atoms with Crippen molar-refractivity contribution in [2.24, 2.45) is 0 Å². The number of carbonyl (C=O) groups is 1. The van der Waals surface area contributed by atoms with Gasteiger partial charge in [0.15, 0.2) is 0 Å². The highest BCUT2D eigenvalue weighted by Gasteiger charge is 2.28. The molecule has 1 atom stereocenters. The van der Waals surface area contributed by atoms with Crippen LogP contribution in [0, 0.1) is 0 Å². The molecule has 1 heterocycles. The lowest BCUT2D eigenvalue weighted by Gasteiger charge is -2.27. The number of carbonyl (C=O) groups excluding carboxylic acids is 1. The summed E-state index contributed by atoms with van der Waals surface area (Å²) in [5, 5.41) is 16.1. The minimum atomic E-state index is -4.01. The van der Waals surface area contributed by atoms with Gasteiger partial charge in [-0.05, 0) is 48.5 Å². The van der Waals surface area contributed by atoms with E-state index in [9.17, 15) is 18.3 Å². The lowest BCUT2D eigenvalue weighted by atomic mass is 10.2. The molecule has 0 fully saturated rings. The third kappa shape index (κ3) is 4.94. The Morgan fingerprint density at radius 1 is 0.838 bits per heavy atom. The molecule has 1 aromatic heterocycles. The Kier molecular flexibility index (Phi) is 6.69. The van der Waals surface area contributed by atoms with Gasteiger partial charge in [-0.25, -0.2) is 8.42 Å². The maximum Gasteiger partial charge on any atom is 0.264 e. The van der Waals surface area contributed by atoms with Crippen molar-refractivity contribution in [2.75, 3.05) is 16.2 Å². The fourth-order valence-corrected chi connectivity index (χ4v) is 6.14. The van der Waals surface area contributed by atoms with Crippen molar-refractivity contribution in [1.29, 1.82) is 0 Å². The summed E-state index contributed by atoms with van der Waals surface area (Å²) in [5.74, 6) is -0.241. The van der Waals surface area contributed by atoms with E-state index in [0.717, 1.165) is 21.8 Å². The van der Waals surface area contributed by atoms with Crippen molar-refractivity contribution < 1.29 is 18.3 Å². The Labute approximate surface area is 215 Å². The Balaban J connectivity index is 1.48. The van der Waals surface area contributed by atoms with Gasteiger partial charge in [0.05, 0.1) is 29.8 Å². The van der Waals surface area contributed by atoms with E-state index in [1.807, 2.05) is 59.2 Å². The summed E-state index contributed by atoms with van der Waals surface area (Å²) in [6.45, 7) is 1.47. The number of benzene rings is 4. The van der Waals surface area contributed by atoms with E-state index in [-0.39, 0.29) is 23.9 Å². The average Bonchev–Trinajstić information content (AvgIpc) is 3.21. The van der Waals surface area contributed by atoms with Crippen LogP contribution in [0.2, 0.25) is 0 Å². The van der Waals surface area contributed by atoms with Crippen LogP contribution >= 0.6 is 0 Å². The van der Waals surface area contributed by atoms with E-state index in [1.54, 1.807) is 36.4 Å². The first-order valence-electron chi connectivity index (χ1n) is 11.9. The number of nitrogens with one attached hydrogen (secondary N) is 1. The number of fused-ring (bicyclic) bond motifs is 3. The molecule has 0 aliphatic carbocycles. The zero-order chi connectivity index (χ0) is 26.0. The summed E-state index contributed by atoms with van der Waals surface area (Å²) in [6.07, 6.45) is -0.993. The van der Waals surface area contributed by atoms with Gasteiger partial charge < -0.3 is 15.0 Å². The van der Waals surface area contributed by atoms with Crippen molar-refractivity contribution in [2.45, 2.75) is 24.5 Å². The smallest absolute Gasteiger partial charge is 0.264 e. The summed E-state index contributed by atoms with van der Waals surface area (Å²) in [7, 11) is -4.01. The standard InChI is InChI=1S/C29H27N3O4S/c1-21(33)30-22-15-17-25(18-16-22)37(35,36)32(23-9-3-2-4-10-23)20-24(34)19-31-28-13-7-5-11-26(28)27-12-6-8-14-29(27)31/h2-18,24,34H,19-20H2,1H3,(H,30,33). The van der Waals surface area contributed by atoms with Gasteiger partial charge >= 0.3 is 0 Å². The first-order valence-corrected chi connectivity index (χ1v) is 13.4. The summed E-state index contributed by atoms with van der Waals surface area (Å²) in [5.41, 5.74) is 2.91. The van der Waals surface area contributed by atoms with E-state index in [4.69, 9.17) is 0 Å². The van der Waals surface area contributed by atoms with Crippen molar-refractivity contribution in [3.63, 3.8) is 0 Å². The van der Waals surface area contributed by atoms with Crippen LogP contribution in [0.1, 0.15) is 6.92 Å². The zero-order valence-corrected chi connectivity index (χ0v) is 21.1. The Bertz CT molecular complexity index is 1610. The molecule has 0 spiro atoms. The van der Waals surface area contributed by atoms with E-state index < -0.39 is 16.1 Å². The minimum Gasteiger partial charge on any atom is -0.389 e. The van der Waals surface area contributed by atoms with Gasteiger partial charge in [0.25, 0.3) is 10.0 Å². The lowest BCUT2D eigenvalue weighted by molar-refractivity contribution is -0.114. The predicted molar refractivity (Wildman–Crippen MR) is 147 cm³/mol. The maximum absolute atomic E-state index is 13.7. The molecule has 1 unspecified atom stereocenters. The molecule has 4 aromatic carbocycles. The van der Waals surface area contributed by atoms with E-state index in [0.29, 0.717) is 11.4 Å². The number of sulfonamides is 1. The largest absolute Gasteiger partial charge is 0.389 e. The van der Waals surface area contributed by atoms with Gasteiger partial charge in [-0.1, -0.05) is 54.6 Å². The van der Waals surface area contributed by atoms with Gasteiger partial charge in [-0.2, -0.15) is 0 Å². The van der Waals surface area contributed by atoms with Crippen molar-refractivity contribution in [1.82, 2.24) is 4.57 Å². The van der Waals surface area contributed by atoms with Crippen LogP contribution in [0.4, 0.5) is 11.4 Å². The molecule has 0 saturated carbocycles. The molecule has 0 bridgehead atoms. The average molecular weight is 514 g/mol. The van der Waals surface area contributed by atoms with Gasteiger partial charge in [-0.3, -0.25) is 9.10 Å². The SMILES string of the molecule is CC(=O)Nc1ccc(S(=O)(=O)N(CC(O)Cn2c3ccccc3c3ccccc32)c2ccccc2)cc1. The Morgan fingerprint density at radius 3 is 1.95 bits per heavy atom. The Morgan fingerprint density at radius 2 is 1.38 bits per heavy atom. The van der Waals surface area contributed by atoms with Crippen LogP contribution in [0.15, 0.2) is 108 Å². The third-order valence-electron chi connectivity index (χ3n) is 6.26. The van der Waals surface area contributed by atoms with Gasteiger partial charge in [0.1, 0.15) is 0 Å². The summed E-state index contributed by atoms with van der Waals surface area (Å²) >= 11 is 0. The first-order chi connectivity index (χ1) is 17.8. The molecule has 0 saturated heterocycles. The number of nitrogens with zero attached hydrogens (tertiary/aromatic N) is 2. The number of para-hydroxylation sites is 3. The number of hydrogen-bond acceptors (Lipinski definition) is 4. The number of aromatic nitrogens is 1. The number of aliphatic hydroxyl groups is 1. The van der Waals surface area contributed by atoms with Gasteiger partial charge in [-0.15, -0.1) is 0 Å². The number of hydrogen-bond donors (Lipinski definition) is 2. The highest BCUT2D eigenvalue weighted by Crippen LogP contribution is 2.30.